The largest absolute Gasteiger partial charge is 0.393 e. The Labute approximate surface area is 94.1 Å². The summed E-state index contributed by atoms with van der Waals surface area (Å²) in [5, 5.41) is 9.35. The lowest BCUT2D eigenvalue weighted by atomic mass is 10.1. The van der Waals surface area contributed by atoms with Gasteiger partial charge < -0.3 is 14.9 Å². The smallest absolute Gasteiger partial charge is 0.0526 e. The topological polar surface area (TPSA) is 26.7 Å². The molecule has 0 saturated carbocycles. The van der Waals surface area contributed by atoms with Crippen molar-refractivity contribution in [1.82, 2.24) is 9.80 Å². The molecule has 1 rings (SSSR count). The Hall–Kier alpha value is -0.120. The molecule has 0 bridgehead atoms. The standard InChI is InChI=1S/C12H26N2O/c1-10(8-11(2)15)14(4)9-12-6-5-7-13(12)3/h10-12,15H,5-9H2,1-4H3. The van der Waals surface area contributed by atoms with E-state index in [0.29, 0.717) is 12.1 Å². The average Bonchev–Trinajstić information content (AvgIpc) is 2.50. The molecule has 0 spiro atoms. The average molecular weight is 214 g/mol. The predicted molar refractivity (Wildman–Crippen MR) is 64.0 cm³/mol. The summed E-state index contributed by atoms with van der Waals surface area (Å²) in [6, 6.07) is 1.19. The fourth-order valence-electron chi connectivity index (χ4n) is 2.40. The van der Waals surface area contributed by atoms with Crippen LogP contribution in [0.5, 0.6) is 0 Å². The Morgan fingerprint density at radius 2 is 2.13 bits per heavy atom. The molecule has 0 amide bonds. The fraction of sp³-hybridized carbons (Fsp3) is 1.00. The van der Waals surface area contributed by atoms with E-state index in [9.17, 15) is 5.11 Å². The molecule has 0 radical (unpaired) electrons. The van der Waals surface area contributed by atoms with E-state index in [2.05, 4.69) is 30.8 Å². The van der Waals surface area contributed by atoms with Gasteiger partial charge in [-0.2, -0.15) is 0 Å². The van der Waals surface area contributed by atoms with Crippen LogP contribution in [0.4, 0.5) is 0 Å². The van der Waals surface area contributed by atoms with Gasteiger partial charge in [0.2, 0.25) is 0 Å². The molecule has 0 aromatic heterocycles. The number of aliphatic hydroxyl groups excluding tert-OH is 1. The summed E-state index contributed by atoms with van der Waals surface area (Å²) in [7, 11) is 4.38. The van der Waals surface area contributed by atoms with Gasteiger partial charge in [-0.05, 0) is 53.8 Å². The number of aliphatic hydroxyl groups is 1. The number of rotatable bonds is 5. The first-order valence-electron chi connectivity index (χ1n) is 6.09. The molecule has 3 nitrogen and oxygen atoms in total. The summed E-state index contributed by atoms with van der Waals surface area (Å²) < 4.78 is 0. The van der Waals surface area contributed by atoms with Crippen molar-refractivity contribution in [2.24, 2.45) is 0 Å². The molecule has 3 heteroatoms. The molecule has 1 fully saturated rings. The van der Waals surface area contributed by atoms with Gasteiger partial charge >= 0.3 is 0 Å². The van der Waals surface area contributed by atoms with E-state index in [0.717, 1.165) is 13.0 Å². The van der Waals surface area contributed by atoms with Gasteiger partial charge in [-0.1, -0.05) is 0 Å². The van der Waals surface area contributed by atoms with Crippen LogP contribution in [0.1, 0.15) is 33.1 Å². The van der Waals surface area contributed by atoms with Gasteiger partial charge in [0.05, 0.1) is 6.10 Å². The zero-order valence-corrected chi connectivity index (χ0v) is 10.6. The first-order chi connectivity index (χ1) is 7.00. The summed E-state index contributed by atoms with van der Waals surface area (Å²) in [4.78, 5) is 4.82. The highest BCUT2D eigenvalue weighted by Crippen LogP contribution is 2.17. The lowest BCUT2D eigenvalue weighted by Crippen LogP contribution is -2.41. The summed E-state index contributed by atoms with van der Waals surface area (Å²) in [5.74, 6) is 0. The second-order valence-electron chi connectivity index (χ2n) is 5.15. The summed E-state index contributed by atoms with van der Waals surface area (Å²) in [6.45, 7) is 6.43. The third-order valence-corrected chi connectivity index (χ3v) is 3.60. The highest BCUT2D eigenvalue weighted by atomic mass is 16.3. The van der Waals surface area contributed by atoms with Crippen LogP contribution < -0.4 is 0 Å². The lowest BCUT2D eigenvalue weighted by Gasteiger charge is -2.30. The van der Waals surface area contributed by atoms with Gasteiger partial charge in [0.25, 0.3) is 0 Å². The highest BCUT2D eigenvalue weighted by Gasteiger charge is 2.23. The van der Waals surface area contributed by atoms with Crippen molar-refractivity contribution in [2.45, 2.75) is 51.3 Å². The minimum atomic E-state index is -0.191. The summed E-state index contributed by atoms with van der Waals surface area (Å²) >= 11 is 0. The van der Waals surface area contributed by atoms with Crippen molar-refractivity contribution in [1.29, 1.82) is 0 Å². The highest BCUT2D eigenvalue weighted by molar-refractivity contribution is 4.80. The van der Waals surface area contributed by atoms with Crippen molar-refractivity contribution in [2.75, 3.05) is 27.2 Å². The van der Waals surface area contributed by atoms with Crippen LogP contribution in [-0.2, 0) is 0 Å². The molecular formula is C12H26N2O. The molecule has 1 aliphatic heterocycles. The van der Waals surface area contributed by atoms with Crippen molar-refractivity contribution >= 4 is 0 Å². The second-order valence-corrected chi connectivity index (χ2v) is 5.15. The molecule has 90 valence electrons. The maximum Gasteiger partial charge on any atom is 0.0526 e. The van der Waals surface area contributed by atoms with E-state index in [-0.39, 0.29) is 6.10 Å². The second kappa shape index (κ2) is 5.83. The first-order valence-corrected chi connectivity index (χ1v) is 6.09. The Kier molecular flexibility index (Phi) is 5.03. The molecular weight excluding hydrogens is 188 g/mol. The van der Waals surface area contributed by atoms with Crippen LogP contribution >= 0.6 is 0 Å². The van der Waals surface area contributed by atoms with Gasteiger partial charge in [-0.15, -0.1) is 0 Å². The predicted octanol–water partition coefficient (Wildman–Crippen LogP) is 1.17. The zero-order valence-electron chi connectivity index (χ0n) is 10.6. The number of likely N-dealkylation sites (N-methyl/N-ethyl adjacent to an activating group) is 2. The Bertz CT molecular complexity index is 184. The number of hydrogen-bond acceptors (Lipinski definition) is 3. The maximum absolute atomic E-state index is 9.35. The molecule has 0 aromatic rings. The van der Waals surface area contributed by atoms with Gasteiger partial charge in [-0.3, -0.25) is 0 Å². The van der Waals surface area contributed by atoms with E-state index in [1.165, 1.54) is 19.4 Å². The van der Waals surface area contributed by atoms with Gasteiger partial charge in [0.1, 0.15) is 0 Å². The maximum atomic E-state index is 9.35. The van der Waals surface area contributed by atoms with Crippen LogP contribution in [0.25, 0.3) is 0 Å². The lowest BCUT2D eigenvalue weighted by molar-refractivity contribution is 0.119. The molecule has 1 N–H and O–H groups in total. The van der Waals surface area contributed by atoms with Gasteiger partial charge in [0.15, 0.2) is 0 Å². The van der Waals surface area contributed by atoms with Crippen molar-refractivity contribution in [3.8, 4) is 0 Å². The Morgan fingerprint density at radius 1 is 1.47 bits per heavy atom. The third kappa shape index (κ3) is 4.09. The number of nitrogens with zero attached hydrogens (tertiary/aromatic N) is 2. The normalized spacial score (nSPS) is 27.2. The van der Waals surface area contributed by atoms with Crippen LogP contribution in [0.2, 0.25) is 0 Å². The van der Waals surface area contributed by atoms with E-state index < -0.39 is 0 Å². The van der Waals surface area contributed by atoms with E-state index >= 15 is 0 Å². The minimum absolute atomic E-state index is 0.191. The summed E-state index contributed by atoms with van der Waals surface area (Å²) in [6.07, 6.45) is 3.33. The molecule has 0 aliphatic carbocycles. The first kappa shape index (κ1) is 12.9. The quantitative estimate of drug-likeness (QED) is 0.744. The Morgan fingerprint density at radius 3 is 2.60 bits per heavy atom. The number of hydrogen-bond donors (Lipinski definition) is 1. The van der Waals surface area contributed by atoms with Crippen molar-refractivity contribution < 1.29 is 5.11 Å². The minimum Gasteiger partial charge on any atom is -0.393 e. The van der Waals surface area contributed by atoms with Crippen LogP contribution in [0.15, 0.2) is 0 Å². The van der Waals surface area contributed by atoms with Gasteiger partial charge in [0, 0.05) is 18.6 Å². The zero-order chi connectivity index (χ0) is 11.4. The molecule has 1 heterocycles. The molecule has 0 aromatic carbocycles. The van der Waals surface area contributed by atoms with E-state index in [4.69, 9.17) is 0 Å². The van der Waals surface area contributed by atoms with Crippen LogP contribution in [0, 0.1) is 0 Å². The third-order valence-electron chi connectivity index (χ3n) is 3.60. The molecule has 3 unspecified atom stereocenters. The van der Waals surface area contributed by atoms with Crippen LogP contribution in [0.3, 0.4) is 0 Å². The fourth-order valence-corrected chi connectivity index (χ4v) is 2.40. The monoisotopic (exact) mass is 214 g/mol. The molecule has 15 heavy (non-hydrogen) atoms. The molecule has 3 atom stereocenters. The van der Waals surface area contributed by atoms with Crippen molar-refractivity contribution in [3.63, 3.8) is 0 Å². The van der Waals surface area contributed by atoms with E-state index in [1.807, 2.05) is 6.92 Å². The molecule has 1 aliphatic rings. The Balaban J connectivity index is 2.30. The summed E-state index contributed by atoms with van der Waals surface area (Å²) in [5.41, 5.74) is 0. The number of likely N-dealkylation sites (tertiary alicyclic amines) is 1. The van der Waals surface area contributed by atoms with E-state index in [1.54, 1.807) is 0 Å². The van der Waals surface area contributed by atoms with Crippen LogP contribution in [-0.4, -0.2) is 60.3 Å². The SMILES string of the molecule is CC(O)CC(C)N(C)CC1CCCN1C. The van der Waals surface area contributed by atoms with Gasteiger partial charge in [-0.25, -0.2) is 0 Å². The molecule has 1 saturated heterocycles. The van der Waals surface area contributed by atoms with Crippen molar-refractivity contribution in [3.05, 3.63) is 0 Å².